The van der Waals surface area contributed by atoms with E-state index in [-0.39, 0.29) is 0 Å². The van der Waals surface area contributed by atoms with E-state index in [2.05, 4.69) is 51.8 Å². The first-order chi connectivity index (χ1) is 9.74. The first-order valence-electron chi connectivity index (χ1n) is 6.60. The Labute approximate surface area is 119 Å². The molecular formula is C15H20N4O. The summed E-state index contributed by atoms with van der Waals surface area (Å²) in [6.45, 7) is 2.89. The summed E-state index contributed by atoms with van der Waals surface area (Å²) < 4.78 is 5.34. The first kappa shape index (κ1) is 14.1. The van der Waals surface area contributed by atoms with E-state index in [9.17, 15) is 0 Å². The number of hydrogen-bond acceptors (Lipinski definition) is 5. The van der Waals surface area contributed by atoms with Crippen LogP contribution in [0, 0.1) is 6.92 Å². The van der Waals surface area contributed by atoms with Gasteiger partial charge in [0.05, 0.1) is 7.11 Å². The van der Waals surface area contributed by atoms with E-state index in [4.69, 9.17) is 4.74 Å². The molecule has 2 N–H and O–H groups in total. The van der Waals surface area contributed by atoms with Gasteiger partial charge in [0.25, 0.3) is 0 Å². The molecule has 5 heteroatoms. The van der Waals surface area contributed by atoms with Crippen LogP contribution >= 0.6 is 0 Å². The molecule has 1 aromatic heterocycles. The van der Waals surface area contributed by atoms with Crippen LogP contribution in [0.5, 0.6) is 5.75 Å². The van der Waals surface area contributed by atoms with Gasteiger partial charge in [-0.2, -0.15) is 0 Å². The highest BCUT2D eigenvalue weighted by atomic mass is 16.5. The average molecular weight is 272 g/mol. The van der Waals surface area contributed by atoms with E-state index in [1.165, 1.54) is 17.5 Å². The highest BCUT2D eigenvalue weighted by Gasteiger charge is 2.10. The summed E-state index contributed by atoms with van der Waals surface area (Å²) in [5.41, 5.74) is 2.58. The Morgan fingerprint density at radius 2 is 2.00 bits per heavy atom. The summed E-state index contributed by atoms with van der Waals surface area (Å²) in [6, 6.07) is 8.50. The molecule has 5 nitrogen and oxygen atoms in total. The van der Waals surface area contributed by atoms with Gasteiger partial charge in [-0.3, -0.25) is 0 Å². The van der Waals surface area contributed by atoms with Crippen molar-refractivity contribution >= 4 is 11.6 Å². The molecule has 0 atom stereocenters. The Balaban J connectivity index is 2.01. The van der Waals surface area contributed by atoms with Crippen molar-refractivity contribution in [3.63, 3.8) is 0 Å². The lowest BCUT2D eigenvalue weighted by Gasteiger charge is -2.12. The number of nitrogens with zero attached hydrogens (tertiary/aromatic N) is 2. The highest BCUT2D eigenvalue weighted by Crippen LogP contribution is 2.28. The second kappa shape index (κ2) is 6.75. The third-order valence-electron chi connectivity index (χ3n) is 3.03. The molecule has 1 aromatic carbocycles. The Kier molecular flexibility index (Phi) is 4.76. The molecule has 0 saturated carbocycles. The minimum absolute atomic E-state index is 0.638. The van der Waals surface area contributed by atoms with Gasteiger partial charge >= 0.3 is 0 Å². The molecule has 0 aliphatic heterocycles. The SMILES string of the molecule is CNc1ncnc(NCCc2cccc(C)c2)c1OC. The Morgan fingerprint density at radius 3 is 2.70 bits per heavy atom. The summed E-state index contributed by atoms with van der Waals surface area (Å²) in [5.74, 6) is 2.03. The van der Waals surface area contributed by atoms with Crippen LogP contribution in [0.4, 0.5) is 11.6 Å². The molecule has 2 rings (SSSR count). The van der Waals surface area contributed by atoms with Crippen molar-refractivity contribution in [1.29, 1.82) is 0 Å². The van der Waals surface area contributed by atoms with E-state index in [0.29, 0.717) is 17.4 Å². The number of hydrogen-bond donors (Lipinski definition) is 2. The predicted octanol–water partition coefficient (Wildman–Crippen LogP) is 2.49. The lowest BCUT2D eigenvalue weighted by atomic mass is 10.1. The zero-order chi connectivity index (χ0) is 14.4. The van der Waals surface area contributed by atoms with Crippen molar-refractivity contribution in [2.45, 2.75) is 13.3 Å². The fourth-order valence-corrected chi connectivity index (χ4v) is 2.06. The molecule has 0 bridgehead atoms. The molecule has 20 heavy (non-hydrogen) atoms. The highest BCUT2D eigenvalue weighted by molar-refractivity contribution is 5.63. The van der Waals surface area contributed by atoms with Gasteiger partial charge in [0, 0.05) is 13.6 Å². The number of aromatic nitrogens is 2. The second-order valence-corrected chi connectivity index (χ2v) is 4.52. The molecule has 0 amide bonds. The van der Waals surface area contributed by atoms with Crippen LogP contribution in [-0.4, -0.2) is 30.7 Å². The lowest BCUT2D eigenvalue weighted by molar-refractivity contribution is 0.415. The van der Waals surface area contributed by atoms with Gasteiger partial charge in [0.15, 0.2) is 11.6 Å². The summed E-state index contributed by atoms with van der Waals surface area (Å²) >= 11 is 0. The topological polar surface area (TPSA) is 59.1 Å². The molecule has 106 valence electrons. The maximum atomic E-state index is 5.34. The van der Waals surface area contributed by atoms with Crippen LogP contribution in [-0.2, 0) is 6.42 Å². The van der Waals surface area contributed by atoms with Crippen molar-refractivity contribution in [3.8, 4) is 5.75 Å². The molecule has 0 unspecified atom stereocenters. The molecule has 0 aliphatic rings. The number of ether oxygens (including phenoxy) is 1. The van der Waals surface area contributed by atoms with Crippen molar-refractivity contribution in [3.05, 3.63) is 41.7 Å². The van der Waals surface area contributed by atoms with E-state index in [0.717, 1.165) is 13.0 Å². The maximum Gasteiger partial charge on any atom is 0.204 e. The Bertz CT molecular complexity index is 572. The number of anilines is 2. The molecule has 0 fully saturated rings. The Hall–Kier alpha value is -2.30. The Morgan fingerprint density at radius 1 is 1.20 bits per heavy atom. The fourth-order valence-electron chi connectivity index (χ4n) is 2.06. The average Bonchev–Trinajstić information content (AvgIpc) is 2.47. The summed E-state index contributed by atoms with van der Waals surface area (Å²) in [4.78, 5) is 8.34. The number of nitrogens with one attached hydrogen (secondary N) is 2. The normalized spacial score (nSPS) is 10.2. The zero-order valence-electron chi connectivity index (χ0n) is 12.1. The van der Waals surface area contributed by atoms with Gasteiger partial charge in [-0.1, -0.05) is 29.8 Å². The second-order valence-electron chi connectivity index (χ2n) is 4.52. The van der Waals surface area contributed by atoms with Gasteiger partial charge < -0.3 is 15.4 Å². The number of benzene rings is 1. The molecular weight excluding hydrogens is 252 g/mol. The number of aryl methyl sites for hydroxylation is 1. The van der Waals surface area contributed by atoms with Crippen LogP contribution < -0.4 is 15.4 Å². The monoisotopic (exact) mass is 272 g/mol. The van der Waals surface area contributed by atoms with Gasteiger partial charge in [0.1, 0.15) is 6.33 Å². The van der Waals surface area contributed by atoms with Crippen molar-refractivity contribution < 1.29 is 4.74 Å². The molecule has 0 saturated heterocycles. The number of methoxy groups -OCH3 is 1. The quantitative estimate of drug-likeness (QED) is 0.846. The van der Waals surface area contributed by atoms with Gasteiger partial charge in [-0.05, 0) is 18.9 Å². The third kappa shape index (κ3) is 3.38. The lowest BCUT2D eigenvalue weighted by Crippen LogP contribution is -2.09. The van der Waals surface area contributed by atoms with Crippen LogP contribution in [0.3, 0.4) is 0 Å². The zero-order valence-corrected chi connectivity index (χ0v) is 12.1. The predicted molar refractivity (Wildman–Crippen MR) is 81.5 cm³/mol. The van der Waals surface area contributed by atoms with E-state index in [1.54, 1.807) is 14.2 Å². The van der Waals surface area contributed by atoms with E-state index in [1.807, 2.05) is 0 Å². The van der Waals surface area contributed by atoms with Gasteiger partial charge in [-0.15, -0.1) is 0 Å². The first-order valence-corrected chi connectivity index (χ1v) is 6.60. The van der Waals surface area contributed by atoms with Crippen LogP contribution in [0.25, 0.3) is 0 Å². The van der Waals surface area contributed by atoms with Crippen molar-refractivity contribution in [2.24, 2.45) is 0 Å². The van der Waals surface area contributed by atoms with Crippen LogP contribution in [0.15, 0.2) is 30.6 Å². The maximum absolute atomic E-state index is 5.34. The fraction of sp³-hybridized carbons (Fsp3) is 0.333. The molecule has 1 heterocycles. The minimum atomic E-state index is 0.638. The molecule has 0 spiro atoms. The van der Waals surface area contributed by atoms with Crippen LogP contribution in [0.1, 0.15) is 11.1 Å². The standard InChI is InChI=1S/C15H20N4O/c1-11-5-4-6-12(9-11)7-8-17-15-13(20-3)14(16-2)18-10-19-15/h4-6,9-10H,7-8H2,1-3H3,(H2,16,17,18,19). The smallest absolute Gasteiger partial charge is 0.204 e. The van der Waals surface area contributed by atoms with Crippen LogP contribution in [0.2, 0.25) is 0 Å². The van der Waals surface area contributed by atoms with Crippen molar-refractivity contribution in [1.82, 2.24) is 9.97 Å². The van der Waals surface area contributed by atoms with Gasteiger partial charge in [-0.25, -0.2) is 9.97 Å². The molecule has 2 aromatic rings. The molecule has 0 radical (unpaired) electrons. The third-order valence-corrected chi connectivity index (χ3v) is 3.03. The van der Waals surface area contributed by atoms with Crippen molar-refractivity contribution in [2.75, 3.05) is 31.3 Å². The molecule has 0 aliphatic carbocycles. The van der Waals surface area contributed by atoms with E-state index < -0.39 is 0 Å². The largest absolute Gasteiger partial charge is 0.490 e. The minimum Gasteiger partial charge on any atom is -0.490 e. The summed E-state index contributed by atoms with van der Waals surface area (Å²) in [7, 11) is 3.42. The van der Waals surface area contributed by atoms with Gasteiger partial charge in [0.2, 0.25) is 5.75 Å². The summed E-state index contributed by atoms with van der Waals surface area (Å²) in [5, 5.41) is 6.28. The number of rotatable bonds is 6. The van der Waals surface area contributed by atoms with E-state index >= 15 is 0 Å². The summed E-state index contributed by atoms with van der Waals surface area (Å²) in [6.07, 6.45) is 2.45.